The van der Waals surface area contributed by atoms with Crippen LogP contribution in [0.5, 0.6) is 0 Å². The third-order valence-corrected chi connectivity index (χ3v) is 3.45. The number of carbonyl (C=O) groups is 1. The maximum Gasteiger partial charge on any atom is 0.331 e. The standard InChI is InChI=1S/C20H14N2O2/c21-13-15-4-3-5-16(12-15)14-24-20(23)11-10-18-9-8-17-6-1-2-7-19(17)22-18/h1-12H,14H2/b11-10+. The predicted molar refractivity (Wildman–Crippen MR) is 91.7 cm³/mol. The van der Waals surface area contributed by atoms with Gasteiger partial charge in [-0.15, -0.1) is 0 Å². The largest absolute Gasteiger partial charge is 0.458 e. The summed E-state index contributed by atoms with van der Waals surface area (Å²) in [5.74, 6) is -0.452. The second kappa shape index (κ2) is 7.21. The van der Waals surface area contributed by atoms with Crippen LogP contribution in [0.25, 0.3) is 17.0 Å². The van der Waals surface area contributed by atoms with Crippen molar-refractivity contribution in [3.63, 3.8) is 0 Å². The molecule has 0 unspecified atom stereocenters. The van der Waals surface area contributed by atoms with Crippen LogP contribution in [0.3, 0.4) is 0 Å². The van der Waals surface area contributed by atoms with Crippen LogP contribution in [-0.4, -0.2) is 11.0 Å². The van der Waals surface area contributed by atoms with Gasteiger partial charge in [-0.1, -0.05) is 36.4 Å². The summed E-state index contributed by atoms with van der Waals surface area (Å²) in [6.45, 7) is 0.129. The number of carbonyl (C=O) groups excluding carboxylic acids is 1. The fraction of sp³-hybridized carbons (Fsp3) is 0.0500. The van der Waals surface area contributed by atoms with Gasteiger partial charge >= 0.3 is 5.97 Å². The monoisotopic (exact) mass is 314 g/mol. The van der Waals surface area contributed by atoms with Crippen LogP contribution >= 0.6 is 0 Å². The first-order valence-electron chi connectivity index (χ1n) is 7.44. The lowest BCUT2D eigenvalue weighted by Gasteiger charge is -2.02. The van der Waals surface area contributed by atoms with E-state index in [1.54, 1.807) is 24.3 Å². The van der Waals surface area contributed by atoms with E-state index in [0.717, 1.165) is 16.5 Å². The van der Waals surface area contributed by atoms with Crippen molar-refractivity contribution in [2.45, 2.75) is 6.61 Å². The molecule has 0 spiro atoms. The molecule has 4 nitrogen and oxygen atoms in total. The average Bonchev–Trinajstić information content (AvgIpc) is 2.64. The third kappa shape index (κ3) is 3.84. The second-order valence-electron chi connectivity index (χ2n) is 5.18. The number of hydrogen-bond acceptors (Lipinski definition) is 4. The number of rotatable bonds is 4. The first-order valence-corrected chi connectivity index (χ1v) is 7.44. The summed E-state index contributed by atoms with van der Waals surface area (Å²) in [4.78, 5) is 16.3. The topological polar surface area (TPSA) is 63.0 Å². The molecule has 0 amide bonds. The number of benzene rings is 2. The summed E-state index contributed by atoms with van der Waals surface area (Å²) in [7, 11) is 0. The van der Waals surface area contributed by atoms with Crippen LogP contribution in [0.15, 0.2) is 66.7 Å². The van der Waals surface area contributed by atoms with E-state index in [1.165, 1.54) is 6.08 Å². The van der Waals surface area contributed by atoms with Crippen LogP contribution < -0.4 is 0 Å². The molecule has 0 bridgehead atoms. The summed E-state index contributed by atoms with van der Waals surface area (Å²) in [5, 5.41) is 9.90. The Labute approximate surface area is 139 Å². The van der Waals surface area contributed by atoms with Crippen molar-refractivity contribution < 1.29 is 9.53 Å². The zero-order valence-electron chi connectivity index (χ0n) is 12.8. The normalized spacial score (nSPS) is 10.6. The van der Waals surface area contributed by atoms with E-state index in [0.29, 0.717) is 11.3 Å². The van der Waals surface area contributed by atoms with Gasteiger partial charge in [0.1, 0.15) is 6.61 Å². The van der Waals surface area contributed by atoms with Gasteiger partial charge in [0, 0.05) is 11.5 Å². The van der Waals surface area contributed by atoms with Gasteiger partial charge in [-0.05, 0) is 35.9 Å². The van der Waals surface area contributed by atoms with Crippen LogP contribution in [-0.2, 0) is 16.1 Å². The molecule has 0 aliphatic rings. The molecular formula is C20H14N2O2. The predicted octanol–water partition coefficient (Wildman–Crippen LogP) is 3.86. The number of nitriles is 1. The van der Waals surface area contributed by atoms with Gasteiger partial charge in [-0.25, -0.2) is 9.78 Å². The van der Waals surface area contributed by atoms with Crippen LogP contribution in [0, 0.1) is 11.3 Å². The molecule has 0 aliphatic heterocycles. The number of hydrogen-bond donors (Lipinski definition) is 0. The van der Waals surface area contributed by atoms with E-state index in [9.17, 15) is 4.79 Å². The van der Waals surface area contributed by atoms with Crippen LogP contribution in [0.1, 0.15) is 16.8 Å². The van der Waals surface area contributed by atoms with E-state index in [1.807, 2.05) is 42.5 Å². The van der Waals surface area contributed by atoms with Crippen LogP contribution in [0.2, 0.25) is 0 Å². The maximum atomic E-state index is 11.8. The van der Waals surface area contributed by atoms with E-state index < -0.39 is 5.97 Å². The van der Waals surface area contributed by atoms with Crippen molar-refractivity contribution in [2.24, 2.45) is 0 Å². The van der Waals surface area contributed by atoms with Crippen molar-refractivity contribution in [3.05, 3.63) is 83.6 Å². The lowest BCUT2D eigenvalue weighted by atomic mass is 10.1. The lowest BCUT2D eigenvalue weighted by Crippen LogP contribution is -2.01. The van der Waals surface area contributed by atoms with E-state index in [4.69, 9.17) is 10.00 Å². The van der Waals surface area contributed by atoms with E-state index in [2.05, 4.69) is 11.1 Å². The molecule has 0 saturated heterocycles. The SMILES string of the molecule is N#Cc1cccc(COC(=O)/C=C/c2ccc3ccccc3n2)c1. The Hall–Kier alpha value is -3.45. The summed E-state index contributed by atoms with van der Waals surface area (Å²) in [6, 6.07) is 20.6. The first-order chi connectivity index (χ1) is 11.7. The Morgan fingerprint density at radius 3 is 2.88 bits per heavy atom. The molecule has 0 atom stereocenters. The molecule has 0 radical (unpaired) electrons. The van der Waals surface area contributed by atoms with Gasteiger partial charge in [0.2, 0.25) is 0 Å². The van der Waals surface area contributed by atoms with Gasteiger partial charge in [-0.3, -0.25) is 0 Å². The minimum Gasteiger partial charge on any atom is -0.458 e. The van der Waals surface area contributed by atoms with Crippen molar-refractivity contribution in [1.29, 1.82) is 5.26 Å². The van der Waals surface area contributed by atoms with E-state index in [-0.39, 0.29) is 6.61 Å². The molecular weight excluding hydrogens is 300 g/mol. The first kappa shape index (κ1) is 15.4. The number of nitrogens with zero attached hydrogens (tertiary/aromatic N) is 2. The molecule has 0 aliphatic carbocycles. The van der Waals surface area contributed by atoms with Crippen LogP contribution in [0.4, 0.5) is 0 Å². The fourth-order valence-electron chi connectivity index (χ4n) is 2.26. The molecule has 24 heavy (non-hydrogen) atoms. The van der Waals surface area contributed by atoms with Crippen molar-refractivity contribution >= 4 is 22.9 Å². The number of pyridine rings is 1. The van der Waals surface area contributed by atoms with Gasteiger partial charge in [0.15, 0.2) is 0 Å². The molecule has 0 saturated carbocycles. The summed E-state index contributed by atoms with van der Waals surface area (Å²) in [6.07, 6.45) is 2.98. The van der Waals surface area contributed by atoms with Crippen molar-refractivity contribution in [2.75, 3.05) is 0 Å². The molecule has 0 fully saturated rings. The second-order valence-corrected chi connectivity index (χ2v) is 5.18. The highest BCUT2D eigenvalue weighted by Gasteiger charge is 2.01. The van der Waals surface area contributed by atoms with Crippen molar-refractivity contribution in [3.8, 4) is 6.07 Å². The highest BCUT2D eigenvalue weighted by molar-refractivity contribution is 5.87. The quantitative estimate of drug-likeness (QED) is 0.542. The molecule has 3 rings (SSSR count). The summed E-state index contributed by atoms with van der Waals surface area (Å²) in [5.41, 5.74) is 2.89. The zero-order chi connectivity index (χ0) is 16.8. The molecule has 1 heterocycles. The molecule has 4 heteroatoms. The fourth-order valence-corrected chi connectivity index (χ4v) is 2.26. The molecule has 116 valence electrons. The van der Waals surface area contributed by atoms with E-state index >= 15 is 0 Å². The maximum absolute atomic E-state index is 11.8. The Morgan fingerprint density at radius 2 is 2.00 bits per heavy atom. The number of para-hydroxylation sites is 1. The molecule has 0 N–H and O–H groups in total. The number of aromatic nitrogens is 1. The lowest BCUT2D eigenvalue weighted by molar-refractivity contribution is -0.138. The summed E-state index contributed by atoms with van der Waals surface area (Å²) < 4.78 is 5.17. The Balaban J connectivity index is 1.63. The van der Waals surface area contributed by atoms with Gasteiger partial charge in [0.05, 0.1) is 22.8 Å². The summed E-state index contributed by atoms with van der Waals surface area (Å²) >= 11 is 0. The highest BCUT2D eigenvalue weighted by Crippen LogP contribution is 2.12. The smallest absolute Gasteiger partial charge is 0.331 e. The molecule has 1 aromatic heterocycles. The number of esters is 1. The Kier molecular flexibility index (Phi) is 4.64. The minimum absolute atomic E-state index is 0.129. The molecule has 3 aromatic rings. The Bertz CT molecular complexity index is 955. The van der Waals surface area contributed by atoms with Gasteiger partial charge in [0.25, 0.3) is 0 Å². The minimum atomic E-state index is -0.452. The van der Waals surface area contributed by atoms with Gasteiger partial charge < -0.3 is 4.74 Å². The Morgan fingerprint density at radius 1 is 1.12 bits per heavy atom. The van der Waals surface area contributed by atoms with Crippen molar-refractivity contribution in [1.82, 2.24) is 4.98 Å². The third-order valence-electron chi connectivity index (χ3n) is 3.45. The molecule has 2 aromatic carbocycles. The number of fused-ring (bicyclic) bond motifs is 1. The van der Waals surface area contributed by atoms with Gasteiger partial charge in [-0.2, -0.15) is 5.26 Å². The highest BCUT2D eigenvalue weighted by atomic mass is 16.5. The zero-order valence-corrected chi connectivity index (χ0v) is 12.8. The average molecular weight is 314 g/mol. The number of ether oxygens (including phenoxy) is 1.